The van der Waals surface area contributed by atoms with E-state index in [9.17, 15) is 4.79 Å². The first-order chi connectivity index (χ1) is 9.05. The highest BCUT2D eigenvalue weighted by molar-refractivity contribution is 5.76. The minimum atomic E-state index is 0.0774. The van der Waals surface area contributed by atoms with Gasteiger partial charge in [0.1, 0.15) is 0 Å². The van der Waals surface area contributed by atoms with Gasteiger partial charge in [-0.2, -0.15) is 0 Å². The van der Waals surface area contributed by atoms with Crippen molar-refractivity contribution in [2.24, 2.45) is 0 Å². The number of carbonyl (C=O) groups is 1. The molecule has 0 spiro atoms. The van der Waals surface area contributed by atoms with E-state index in [1.54, 1.807) is 0 Å². The average Bonchev–Trinajstić information content (AvgIpc) is 2.36. The number of hydrogen-bond acceptors (Lipinski definition) is 2. The van der Waals surface area contributed by atoms with Crippen LogP contribution in [-0.4, -0.2) is 36.0 Å². The van der Waals surface area contributed by atoms with Crippen LogP contribution in [0.2, 0.25) is 0 Å². The monoisotopic (exact) mass is 268 g/mol. The van der Waals surface area contributed by atoms with Gasteiger partial charge in [-0.05, 0) is 20.3 Å². The smallest absolute Gasteiger partial charge is 0.222 e. The standard InChI is InChI=1S/C16H32N2O/c1-4-5-6-7-8-9-10-11-15(19)18-13-12-17-16(2,3)14-18/h17H,4-14H2,1-3H3. The summed E-state index contributed by atoms with van der Waals surface area (Å²) in [6, 6.07) is 0. The van der Waals surface area contributed by atoms with Crippen molar-refractivity contribution in [2.45, 2.75) is 77.7 Å². The Kier molecular flexibility index (Phi) is 7.44. The second-order valence-electron chi connectivity index (χ2n) is 6.50. The van der Waals surface area contributed by atoms with Gasteiger partial charge in [-0.25, -0.2) is 0 Å². The van der Waals surface area contributed by atoms with Crippen molar-refractivity contribution >= 4 is 5.91 Å². The van der Waals surface area contributed by atoms with Gasteiger partial charge in [-0.3, -0.25) is 4.79 Å². The Bertz CT molecular complexity index is 263. The molecule has 1 N–H and O–H groups in total. The lowest BCUT2D eigenvalue weighted by molar-refractivity contribution is -0.133. The zero-order valence-corrected chi connectivity index (χ0v) is 13.1. The van der Waals surface area contributed by atoms with Crippen molar-refractivity contribution in [2.75, 3.05) is 19.6 Å². The number of rotatable bonds is 8. The number of amides is 1. The predicted molar refractivity (Wildman–Crippen MR) is 81.3 cm³/mol. The Labute approximate surface area is 119 Å². The average molecular weight is 268 g/mol. The van der Waals surface area contributed by atoms with Crippen LogP contribution >= 0.6 is 0 Å². The summed E-state index contributed by atoms with van der Waals surface area (Å²) in [7, 11) is 0. The quantitative estimate of drug-likeness (QED) is 0.685. The third-order valence-electron chi connectivity index (χ3n) is 3.92. The molecule has 0 atom stereocenters. The molecule has 3 heteroatoms. The zero-order chi connectivity index (χ0) is 14.1. The SMILES string of the molecule is CCCCCCCCCC(=O)N1CCNC(C)(C)C1. The highest BCUT2D eigenvalue weighted by atomic mass is 16.2. The van der Waals surface area contributed by atoms with Crippen LogP contribution in [0, 0.1) is 0 Å². The summed E-state index contributed by atoms with van der Waals surface area (Å²) in [5, 5.41) is 3.45. The molecule has 1 amide bonds. The van der Waals surface area contributed by atoms with Crippen molar-refractivity contribution in [3.63, 3.8) is 0 Å². The first-order valence-corrected chi connectivity index (χ1v) is 8.08. The van der Waals surface area contributed by atoms with E-state index in [4.69, 9.17) is 0 Å². The number of piperazine rings is 1. The van der Waals surface area contributed by atoms with Crippen LogP contribution in [0.3, 0.4) is 0 Å². The normalized spacial score (nSPS) is 18.6. The lowest BCUT2D eigenvalue weighted by Crippen LogP contribution is -2.58. The first-order valence-electron chi connectivity index (χ1n) is 8.08. The van der Waals surface area contributed by atoms with Gasteiger partial charge in [0.15, 0.2) is 0 Å². The van der Waals surface area contributed by atoms with Crippen LogP contribution in [0.5, 0.6) is 0 Å². The molecule has 0 saturated carbocycles. The fourth-order valence-corrected chi connectivity index (χ4v) is 2.75. The molecule has 112 valence electrons. The van der Waals surface area contributed by atoms with Gasteiger partial charge in [0.2, 0.25) is 5.91 Å². The number of hydrogen-bond donors (Lipinski definition) is 1. The van der Waals surface area contributed by atoms with E-state index in [1.807, 2.05) is 4.90 Å². The minimum Gasteiger partial charge on any atom is -0.340 e. The van der Waals surface area contributed by atoms with Gasteiger partial charge < -0.3 is 10.2 Å². The summed E-state index contributed by atoms with van der Waals surface area (Å²) in [5.74, 6) is 0.350. The van der Waals surface area contributed by atoms with Crippen LogP contribution < -0.4 is 5.32 Å². The number of nitrogens with one attached hydrogen (secondary N) is 1. The first kappa shape index (κ1) is 16.5. The van der Waals surface area contributed by atoms with Gasteiger partial charge in [-0.1, -0.05) is 45.4 Å². The number of unbranched alkanes of at least 4 members (excludes halogenated alkanes) is 6. The van der Waals surface area contributed by atoms with E-state index in [1.165, 1.54) is 38.5 Å². The predicted octanol–water partition coefficient (Wildman–Crippen LogP) is 3.34. The molecule has 1 rings (SSSR count). The molecular weight excluding hydrogens is 236 g/mol. The lowest BCUT2D eigenvalue weighted by Gasteiger charge is -2.39. The van der Waals surface area contributed by atoms with E-state index in [0.717, 1.165) is 32.5 Å². The molecule has 0 unspecified atom stereocenters. The third kappa shape index (κ3) is 6.95. The molecule has 0 radical (unpaired) electrons. The molecular formula is C16H32N2O. The molecule has 0 aromatic heterocycles. The largest absolute Gasteiger partial charge is 0.340 e. The van der Waals surface area contributed by atoms with Gasteiger partial charge in [0.05, 0.1) is 0 Å². The van der Waals surface area contributed by atoms with E-state index < -0.39 is 0 Å². The zero-order valence-electron chi connectivity index (χ0n) is 13.1. The molecule has 1 aliphatic rings. The Hall–Kier alpha value is -0.570. The maximum atomic E-state index is 12.1. The number of carbonyl (C=O) groups excluding carboxylic acids is 1. The third-order valence-corrected chi connectivity index (χ3v) is 3.92. The van der Waals surface area contributed by atoms with Crippen molar-refractivity contribution in [3.05, 3.63) is 0 Å². The summed E-state index contributed by atoms with van der Waals surface area (Å²) in [4.78, 5) is 14.2. The fourth-order valence-electron chi connectivity index (χ4n) is 2.75. The highest BCUT2D eigenvalue weighted by Gasteiger charge is 2.27. The maximum Gasteiger partial charge on any atom is 0.222 e. The molecule has 1 fully saturated rings. The van der Waals surface area contributed by atoms with E-state index in [2.05, 4.69) is 26.1 Å². The molecule has 3 nitrogen and oxygen atoms in total. The van der Waals surface area contributed by atoms with E-state index in [-0.39, 0.29) is 5.54 Å². The molecule has 0 aliphatic carbocycles. The summed E-state index contributed by atoms with van der Waals surface area (Å²) in [6.45, 7) is 9.23. The van der Waals surface area contributed by atoms with Gasteiger partial charge in [0.25, 0.3) is 0 Å². The highest BCUT2D eigenvalue weighted by Crippen LogP contribution is 2.13. The van der Waals surface area contributed by atoms with Crippen molar-refractivity contribution in [1.29, 1.82) is 0 Å². The van der Waals surface area contributed by atoms with Crippen LogP contribution in [0.25, 0.3) is 0 Å². The lowest BCUT2D eigenvalue weighted by atomic mass is 10.0. The van der Waals surface area contributed by atoms with E-state index in [0.29, 0.717) is 5.91 Å². The van der Waals surface area contributed by atoms with Crippen LogP contribution in [0.15, 0.2) is 0 Å². The Morgan fingerprint density at radius 3 is 2.37 bits per heavy atom. The Balaban J connectivity index is 2.07. The van der Waals surface area contributed by atoms with Crippen molar-refractivity contribution < 1.29 is 4.79 Å². The van der Waals surface area contributed by atoms with Gasteiger partial charge in [0, 0.05) is 31.6 Å². The van der Waals surface area contributed by atoms with Crippen LogP contribution in [-0.2, 0) is 4.79 Å². The minimum absolute atomic E-state index is 0.0774. The second-order valence-corrected chi connectivity index (χ2v) is 6.50. The second kappa shape index (κ2) is 8.57. The molecule has 0 aromatic carbocycles. The van der Waals surface area contributed by atoms with E-state index >= 15 is 0 Å². The Morgan fingerprint density at radius 1 is 1.11 bits per heavy atom. The molecule has 0 bridgehead atoms. The molecule has 1 saturated heterocycles. The van der Waals surface area contributed by atoms with Crippen molar-refractivity contribution in [3.8, 4) is 0 Å². The summed E-state index contributed by atoms with van der Waals surface area (Å²) in [5.41, 5.74) is 0.0774. The topological polar surface area (TPSA) is 32.3 Å². The summed E-state index contributed by atoms with van der Waals surface area (Å²) in [6.07, 6.45) is 9.66. The molecule has 1 aliphatic heterocycles. The van der Waals surface area contributed by atoms with Crippen molar-refractivity contribution in [1.82, 2.24) is 10.2 Å². The van der Waals surface area contributed by atoms with Crippen LogP contribution in [0.4, 0.5) is 0 Å². The molecule has 19 heavy (non-hydrogen) atoms. The van der Waals surface area contributed by atoms with Crippen LogP contribution in [0.1, 0.15) is 72.1 Å². The summed E-state index contributed by atoms with van der Waals surface area (Å²) < 4.78 is 0. The van der Waals surface area contributed by atoms with Gasteiger partial charge in [-0.15, -0.1) is 0 Å². The molecule has 0 aromatic rings. The number of nitrogens with zero attached hydrogens (tertiary/aromatic N) is 1. The summed E-state index contributed by atoms with van der Waals surface area (Å²) >= 11 is 0. The molecule has 1 heterocycles. The van der Waals surface area contributed by atoms with Gasteiger partial charge >= 0.3 is 0 Å². The fraction of sp³-hybridized carbons (Fsp3) is 0.938. The Morgan fingerprint density at radius 2 is 1.74 bits per heavy atom. The maximum absolute atomic E-state index is 12.1.